The highest BCUT2D eigenvalue weighted by molar-refractivity contribution is 5.32. The van der Waals surface area contributed by atoms with Gasteiger partial charge in [-0.25, -0.2) is 0 Å². The van der Waals surface area contributed by atoms with Crippen molar-refractivity contribution in [2.45, 2.75) is 32.9 Å². The maximum Gasteiger partial charge on any atom is 0.0475 e. The number of nitrogens with one attached hydrogen (secondary N) is 1. The lowest BCUT2D eigenvalue weighted by Gasteiger charge is -2.35. The van der Waals surface area contributed by atoms with Crippen LogP contribution in [0.5, 0.6) is 0 Å². The summed E-state index contributed by atoms with van der Waals surface area (Å²) >= 11 is 0. The quantitative estimate of drug-likeness (QED) is 0.835. The lowest BCUT2D eigenvalue weighted by Crippen LogP contribution is -2.40. The van der Waals surface area contributed by atoms with Crippen LogP contribution in [0.3, 0.4) is 0 Å². The van der Waals surface area contributed by atoms with E-state index in [9.17, 15) is 0 Å². The Hall–Kier alpha value is -0.860. The third kappa shape index (κ3) is 2.28. The van der Waals surface area contributed by atoms with Crippen molar-refractivity contribution in [3.63, 3.8) is 0 Å². The second kappa shape index (κ2) is 5.46. The van der Waals surface area contributed by atoms with Crippen molar-refractivity contribution in [3.8, 4) is 0 Å². The van der Waals surface area contributed by atoms with E-state index in [0.29, 0.717) is 6.04 Å². The molecule has 2 heteroatoms. The molecular weight excluding hydrogens is 196 g/mol. The third-order valence-electron chi connectivity index (χ3n) is 3.43. The largest absolute Gasteiger partial charge is 0.311 e. The van der Waals surface area contributed by atoms with E-state index < -0.39 is 0 Å². The van der Waals surface area contributed by atoms with Crippen LogP contribution in [-0.4, -0.2) is 24.5 Å². The monoisotopic (exact) mass is 218 g/mol. The molecule has 1 aliphatic heterocycles. The fourth-order valence-corrected chi connectivity index (χ4v) is 2.62. The van der Waals surface area contributed by atoms with Crippen LogP contribution in [0.25, 0.3) is 0 Å². The van der Waals surface area contributed by atoms with Gasteiger partial charge in [0.2, 0.25) is 0 Å². The van der Waals surface area contributed by atoms with Gasteiger partial charge in [0, 0.05) is 19.1 Å². The molecule has 1 aromatic carbocycles. The van der Waals surface area contributed by atoms with Gasteiger partial charge in [-0.2, -0.15) is 0 Å². The van der Waals surface area contributed by atoms with Gasteiger partial charge in [0.25, 0.3) is 0 Å². The molecule has 0 bridgehead atoms. The van der Waals surface area contributed by atoms with Crippen molar-refractivity contribution in [2.24, 2.45) is 0 Å². The van der Waals surface area contributed by atoms with Gasteiger partial charge in [-0.15, -0.1) is 0 Å². The first-order valence-electron chi connectivity index (χ1n) is 6.39. The van der Waals surface area contributed by atoms with Crippen molar-refractivity contribution in [2.75, 3.05) is 19.6 Å². The Labute approximate surface area is 98.7 Å². The van der Waals surface area contributed by atoms with Crippen LogP contribution in [-0.2, 0) is 6.54 Å². The molecule has 2 rings (SSSR count). The minimum atomic E-state index is 0.565. The van der Waals surface area contributed by atoms with E-state index in [0.717, 1.165) is 19.6 Å². The van der Waals surface area contributed by atoms with Gasteiger partial charge < -0.3 is 5.32 Å². The van der Waals surface area contributed by atoms with Crippen molar-refractivity contribution in [3.05, 3.63) is 35.4 Å². The molecule has 1 aliphatic rings. The molecule has 0 radical (unpaired) electrons. The zero-order valence-corrected chi connectivity index (χ0v) is 10.4. The fraction of sp³-hybridized carbons (Fsp3) is 0.571. The lowest BCUT2D eigenvalue weighted by molar-refractivity contribution is 0.195. The van der Waals surface area contributed by atoms with Gasteiger partial charge in [0.05, 0.1) is 0 Å². The van der Waals surface area contributed by atoms with E-state index in [-0.39, 0.29) is 0 Å². The van der Waals surface area contributed by atoms with Crippen LogP contribution in [0.1, 0.15) is 37.4 Å². The van der Waals surface area contributed by atoms with Crippen LogP contribution < -0.4 is 5.32 Å². The predicted molar refractivity (Wildman–Crippen MR) is 68.4 cm³/mol. The Morgan fingerprint density at radius 2 is 2.12 bits per heavy atom. The van der Waals surface area contributed by atoms with Crippen LogP contribution in [0.15, 0.2) is 24.3 Å². The molecule has 0 fully saturated rings. The average Bonchev–Trinajstić information content (AvgIpc) is 2.35. The number of nitrogens with zero attached hydrogens (tertiary/aromatic N) is 1. The molecule has 0 amide bonds. The number of hydrogen-bond donors (Lipinski definition) is 1. The van der Waals surface area contributed by atoms with E-state index in [4.69, 9.17) is 0 Å². The van der Waals surface area contributed by atoms with Crippen molar-refractivity contribution in [1.29, 1.82) is 0 Å². The van der Waals surface area contributed by atoms with Crippen molar-refractivity contribution in [1.82, 2.24) is 10.2 Å². The Balaban J connectivity index is 2.23. The summed E-state index contributed by atoms with van der Waals surface area (Å²) in [7, 11) is 0. The van der Waals surface area contributed by atoms with Gasteiger partial charge in [0.1, 0.15) is 0 Å². The highest BCUT2D eigenvalue weighted by Gasteiger charge is 2.23. The summed E-state index contributed by atoms with van der Waals surface area (Å²) in [6.07, 6.45) is 1.23. The Bertz CT molecular complexity index is 335. The zero-order valence-electron chi connectivity index (χ0n) is 10.4. The molecule has 2 nitrogen and oxygen atoms in total. The Morgan fingerprint density at radius 3 is 2.88 bits per heavy atom. The molecular formula is C14H22N2. The van der Waals surface area contributed by atoms with Gasteiger partial charge in [-0.1, -0.05) is 38.1 Å². The van der Waals surface area contributed by atoms with Crippen LogP contribution in [0, 0.1) is 0 Å². The first-order chi connectivity index (χ1) is 7.86. The van der Waals surface area contributed by atoms with Crippen molar-refractivity contribution < 1.29 is 0 Å². The molecule has 1 heterocycles. The maximum atomic E-state index is 3.52. The minimum Gasteiger partial charge on any atom is -0.311 e. The Morgan fingerprint density at radius 1 is 1.31 bits per heavy atom. The van der Waals surface area contributed by atoms with Gasteiger partial charge in [-0.3, -0.25) is 4.90 Å². The first-order valence-corrected chi connectivity index (χ1v) is 6.39. The van der Waals surface area contributed by atoms with Gasteiger partial charge in [-0.05, 0) is 30.6 Å². The molecule has 1 N–H and O–H groups in total. The maximum absolute atomic E-state index is 3.52. The SMILES string of the molecule is CCCN(CC)C1CNCc2ccccc21. The zero-order chi connectivity index (χ0) is 11.4. The molecule has 0 aliphatic carbocycles. The minimum absolute atomic E-state index is 0.565. The standard InChI is InChI=1S/C14H22N2/c1-3-9-16(4-2)14-11-15-10-12-7-5-6-8-13(12)14/h5-8,14-15H,3-4,9-11H2,1-2H3. The molecule has 0 saturated carbocycles. The second-order valence-corrected chi connectivity index (χ2v) is 4.47. The summed E-state index contributed by atoms with van der Waals surface area (Å²) in [6.45, 7) is 8.95. The number of likely N-dealkylation sites (N-methyl/N-ethyl adjacent to an activating group) is 1. The average molecular weight is 218 g/mol. The van der Waals surface area contributed by atoms with E-state index in [1.165, 1.54) is 24.1 Å². The summed E-state index contributed by atoms with van der Waals surface area (Å²) in [5, 5.41) is 3.52. The van der Waals surface area contributed by atoms with Gasteiger partial charge in [0.15, 0.2) is 0 Å². The van der Waals surface area contributed by atoms with E-state index in [1.807, 2.05) is 0 Å². The molecule has 1 unspecified atom stereocenters. The van der Waals surface area contributed by atoms with Crippen molar-refractivity contribution >= 4 is 0 Å². The molecule has 0 spiro atoms. The van der Waals surface area contributed by atoms with E-state index in [2.05, 4.69) is 48.3 Å². The Kier molecular flexibility index (Phi) is 3.97. The molecule has 16 heavy (non-hydrogen) atoms. The summed E-state index contributed by atoms with van der Waals surface area (Å²) in [5.74, 6) is 0. The topological polar surface area (TPSA) is 15.3 Å². The van der Waals surface area contributed by atoms with E-state index in [1.54, 1.807) is 0 Å². The number of benzene rings is 1. The van der Waals surface area contributed by atoms with E-state index >= 15 is 0 Å². The summed E-state index contributed by atoms with van der Waals surface area (Å²) in [5.41, 5.74) is 2.99. The highest BCUT2D eigenvalue weighted by atomic mass is 15.2. The van der Waals surface area contributed by atoms with Crippen LogP contribution >= 0.6 is 0 Å². The first kappa shape index (κ1) is 11.6. The third-order valence-corrected chi connectivity index (χ3v) is 3.43. The lowest BCUT2D eigenvalue weighted by atomic mass is 9.95. The molecule has 0 saturated heterocycles. The second-order valence-electron chi connectivity index (χ2n) is 4.47. The molecule has 1 atom stereocenters. The summed E-state index contributed by atoms with van der Waals surface area (Å²) in [6, 6.07) is 9.40. The van der Waals surface area contributed by atoms with Gasteiger partial charge >= 0.3 is 0 Å². The number of hydrogen-bond acceptors (Lipinski definition) is 2. The summed E-state index contributed by atoms with van der Waals surface area (Å²) in [4.78, 5) is 2.57. The highest BCUT2D eigenvalue weighted by Crippen LogP contribution is 2.26. The summed E-state index contributed by atoms with van der Waals surface area (Å²) < 4.78 is 0. The normalized spacial score (nSPS) is 19.8. The smallest absolute Gasteiger partial charge is 0.0475 e. The molecule has 1 aromatic rings. The number of fused-ring (bicyclic) bond motifs is 1. The van der Waals surface area contributed by atoms with Crippen LogP contribution in [0.2, 0.25) is 0 Å². The predicted octanol–water partition coefficient (Wildman–Crippen LogP) is 2.56. The molecule has 0 aromatic heterocycles. The number of rotatable bonds is 4. The fourth-order valence-electron chi connectivity index (χ4n) is 2.62. The molecule has 88 valence electrons. The van der Waals surface area contributed by atoms with Crippen LogP contribution in [0.4, 0.5) is 0 Å².